The van der Waals surface area contributed by atoms with Crippen molar-refractivity contribution in [2.24, 2.45) is 11.7 Å². The van der Waals surface area contributed by atoms with Crippen molar-refractivity contribution in [3.8, 4) is 16.3 Å². The van der Waals surface area contributed by atoms with Crippen LogP contribution in [0, 0.1) is 5.92 Å². The summed E-state index contributed by atoms with van der Waals surface area (Å²) >= 11 is 1.43. The Balaban J connectivity index is 1.72. The normalized spacial score (nSPS) is 12.3. The second-order valence-corrected chi connectivity index (χ2v) is 7.44. The molecular formula is C19H23N5OS. The van der Waals surface area contributed by atoms with Crippen molar-refractivity contribution in [3.05, 3.63) is 53.8 Å². The molecule has 2 heterocycles. The van der Waals surface area contributed by atoms with Gasteiger partial charge in [0.05, 0.1) is 11.9 Å². The van der Waals surface area contributed by atoms with E-state index in [4.69, 9.17) is 5.73 Å². The molecule has 0 aliphatic heterocycles. The van der Waals surface area contributed by atoms with Gasteiger partial charge in [0.15, 0.2) is 0 Å². The van der Waals surface area contributed by atoms with Gasteiger partial charge in [-0.25, -0.2) is 9.67 Å². The van der Waals surface area contributed by atoms with Gasteiger partial charge in [-0.1, -0.05) is 32.0 Å². The van der Waals surface area contributed by atoms with Crippen molar-refractivity contribution in [1.29, 1.82) is 0 Å². The Kier molecular flexibility index (Phi) is 5.80. The van der Waals surface area contributed by atoms with E-state index in [-0.39, 0.29) is 11.9 Å². The SMILES string of the molecule is CC(C)CC(CN)NC(=O)c1csc(-c2cnn(-c3ccccc3)c2)n1. The van der Waals surface area contributed by atoms with E-state index in [1.165, 1.54) is 11.3 Å². The van der Waals surface area contributed by atoms with Crippen LogP contribution in [-0.2, 0) is 0 Å². The highest BCUT2D eigenvalue weighted by Gasteiger charge is 2.17. The van der Waals surface area contributed by atoms with Crippen LogP contribution in [0.2, 0.25) is 0 Å². The van der Waals surface area contributed by atoms with Crippen molar-refractivity contribution in [3.63, 3.8) is 0 Å². The third-order valence-electron chi connectivity index (χ3n) is 3.96. The van der Waals surface area contributed by atoms with Crippen LogP contribution >= 0.6 is 11.3 Å². The maximum atomic E-state index is 12.4. The number of carbonyl (C=O) groups is 1. The number of hydrogen-bond acceptors (Lipinski definition) is 5. The van der Waals surface area contributed by atoms with Crippen LogP contribution in [0.4, 0.5) is 0 Å². The molecule has 1 amide bonds. The number of carbonyl (C=O) groups excluding carboxylic acids is 1. The predicted octanol–water partition coefficient (Wildman–Crippen LogP) is 3.10. The molecule has 0 saturated heterocycles. The summed E-state index contributed by atoms with van der Waals surface area (Å²) in [7, 11) is 0. The van der Waals surface area contributed by atoms with Gasteiger partial charge in [0.1, 0.15) is 10.7 Å². The molecule has 0 aliphatic rings. The smallest absolute Gasteiger partial charge is 0.271 e. The topological polar surface area (TPSA) is 85.8 Å². The zero-order valence-electron chi connectivity index (χ0n) is 14.9. The van der Waals surface area contributed by atoms with E-state index < -0.39 is 0 Å². The van der Waals surface area contributed by atoms with Crippen LogP contribution in [-0.4, -0.2) is 33.3 Å². The number of rotatable bonds is 7. The Labute approximate surface area is 157 Å². The summed E-state index contributed by atoms with van der Waals surface area (Å²) in [5, 5.41) is 9.89. The van der Waals surface area contributed by atoms with E-state index in [0.717, 1.165) is 22.7 Å². The largest absolute Gasteiger partial charge is 0.347 e. The van der Waals surface area contributed by atoms with Gasteiger partial charge in [0, 0.05) is 29.7 Å². The van der Waals surface area contributed by atoms with Gasteiger partial charge >= 0.3 is 0 Å². The monoisotopic (exact) mass is 369 g/mol. The molecule has 0 spiro atoms. The maximum absolute atomic E-state index is 12.4. The minimum atomic E-state index is -0.181. The summed E-state index contributed by atoms with van der Waals surface area (Å²) in [5.41, 5.74) is 8.04. The number of nitrogens with two attached hydrogens (primary N) is 1. The van der Waals surface area contributed by atoms with E-state index in [2.05, 4.69) is 29.2 Å². The van der Waals surface area contributed by atoms with Gasteiger partial charge < -0.3 is 11.1 Å². The number of amides is 1. The average Bonchev–Trinajstić information content (AvgIpc) is 3.30. The number of aromatic nitrogens is 3. The van der Waals surface area contributed by atoms with Crippen molar-refractivity contribution in [2.45, 2.75) is 26.3 Å². The summed E-state index contributed by atoms with van der Waals surface area (Å²) in [4.78, 5) is 16.9. The molecule has 1 unspecified atom stereocenters. The molecule has 1 aromatic carbocycles. The minimum Gasteiger partial charge on any atom is -0.347 e. The summed E-state index contributed by atoms with van der Waals surface area (Å²) in [6, 6.07) is 9.83. The molecule has 0 fully saturated rings. The second kappa shape index (κ2) is 8.25. The molecule has 0 aliphatic carbocycles. The lowest BCUT2D eigenvalue weighted by atomic mass is 10.0. The molecule has 3 rings (SSSR count). The highest BCUT2D eigenvalue weighted by Crippen LogP contribution is 2.24. The highest BCUT2D eigenvalue weighted by molar-refractivity contribution is 7.13. The second-order valence-electron chi connectivity index (χ2n) is 6.58. The standard InChI is InChI=1S/C19H23N5OS/c1-13(2)8-15(9-20)22-18(25)17-12-26-19(23-17)14-10-21-24(11-14)16-6-4-3-5-7-16/h3-7,10-13,15H,8-9,20H2,1-2H3,(H,22,25). The van der Waals surface area contributed by atoms with Crippen molar-refractivity contribution >= 4 is 17.2 Å². The van der Waals surface area contributed by atoms with E-state index in [1.807, 2.05) is 36.5 Å². The first-order chi connectivity index (χ1) is 12.6. The molecule has 2 aromatic heterocycles. The number of nitrogens with zero attached hydrogens (tertiary/aromatic N) is 3. The minimum absolute atomic E-state index is 0.0338. The first-order valence-electron chi connectivity index (χ1n) is 8.63. The molecule has 7 heteroatoms. The number of nitrogens with one attached hydrogen (secondary N) is 1. The lowest BCUT2D eigenvalue weighted by molar-refractivity contribution is 0.0929. The van der Waals surface area contributed by atoms with Gasteiger partial charge in [0.2, 0.25) is 0 Å². The van der Waals surface area contributed by atoms with Gasteiger partial charge in [0.25, 0.3) is 5.91 Å². The van der Waals surface area contributed by atoms with E-state index in [0.29, 0.717) is 18.2 Å². The van der Waals surface area contributed by atoms with Crippen LogP contribution in [0.25, 0.3) is 16.3 Å². The van der Waals surface area contributed by atoms with E-state index >= 15 is 0 Å². The zero-order chi connectivity index (χ0) is 18.5. The zero-order valence-corrected chi connectivity index (χ0v) is 15.7. The number of hydrogen-bond donors (Lipinski definition) is 2. The number of thiazole rings is 1. The third-order valence-corrected chi connectivity index (χ3v) is 4.85. The molecule has 6 nitrogen and oxygen atoms in total. The highest BCUT2D eigenvalue weighted by atomic mass is 32.1. The molecule has 3 N–H and O–H groups in total. The van der Waals surface area contributed by atoms with Gasteiger partial charge in [-0.3, -0.25) is 4.79 Å². The van der Waals surface area contributed by atoms with Crippen molar-refractivity contribution in [1.82, 2.24) is 20.1 Å². The van der Waals surface area contributed by atoms with Gasteiger partial charge in [-0.2, -0.15) is 5.10 Å². The Morgan fingerprint density at radius 3 is 2.77 bits per heavy atom. The summed E-state index contributed by atoms with van der Waals surface area (Å²) in [5.74, 6) is 0.290. The number of benzene rings is 1. The molecule has 136 valence electrons. The summed E-state index contributed by atoms with van der Waals surface area (Å²) in [6.45, 7) is 4.64. The Morgan fingerprint density at radius 1 is 1.31 bits per heavy atom. The van der Waals surface area contributed by atoms with Crippen molar-refractivity contribution in [2.75, 3.05) is 6.54 Å². The molecule has 0 bridgehead atoms. The molecule has 3 aromatic rings. The quantitative estimate of drug-likeness (QED) is 0.670. The van der Waals surface area contributed by atoms with Crippen LogP contribution in [0.1, 0.15) is 30.8 Å². The van der Waals surface area contributed by atoms with Gasteiger partial charge in [-0.05, 0) is 24.5 Å². The maximum Gasteiger partial charge on any atom is 0.271 e. The Hall–Kier alpha value is -2.51. The van der Waals surface area contributed by atoms with Crippen molar-refractivity contribution < 1.29 is 4.79 Å². The summed E-state index contributed by atoms with van der Waals surface area (Å²) < 4.78 is 1.80. The molecule has 1 atom stereocenters. The molecular weight excluding hydrogens is 346 g/mol. The first-order valence-corrected chi connectivity index (χ1v) is 9.51. The Bertz CT molecular complexity index is 856. The molecule has 0 radical (unpaired) electrons. The fraction of sp³-hybridized carbons (Fsp3) is 0.316. The van der Waals surface area contributed by atoms with Crippen LogP contribution in [0.5, 0.6) is 0 Å². The summed E-state index contributed by atoms with van der Waals surface area (Å²) in [6.07, 6.45) is 4.52. The first kappa shape index (κ1) is 18.3. The number of para-hydroxylation sites is 1. The van der Waals surface area contributed by atoms with E-state index in [1.54, 1.807) is 16.3 Å². The fourth-order valence-corrected chi connectivity index (χ4v) is 3.48. The third kappa shape index (κ3) is 4.36. The average molecular weight is 369 g/mol. The van der Waals surface area contributed by atoms with Gasteiger partial charge in [-0.15, -0.1) is 11.3 Å². The lowest BCUT2D eigenvalue weighted by Gasteiger charge is -2.18. The van der Waals surface area contributed by atoms with Crippen LogP contribution in [0.15, 0.2) is 48.1 Å². The fourth-order valence-electron chi connectivity index (χ4n) is 2.71. The van der Waals surface area contributed by atoms with Crippen LogP contribution in [0.3, 0.4) is 0 Å². The predicted molar refractivity (Wildman–Crippen MR) is 104 cm³/mol. The van der Waals surface area contributed by atoms with Crippen LogP contribution < -0.4 is 11.1 Å². The molecule has 0 saturated carbocycles. The molecule has 26 heavy (non-hydrogen) atoms. The van der Waals surface area contributed by atoms with E-state index in [9.17, 15) is 4.79 Å². The lowest BCUT2D eigenvalue weighted by Crippen LogP contribution is -2.41. The Morgan fingerprint density at radius 2 is 2.08 bits per heavy atom.